The summed E-state index contributed by atoms with van der Waals surface area (Å²) >= 11 is 5.79. The van der Waals surface area contributed by atoms with Crippen LogP contribution >= 0.6 is 19.2 Å². The minimum atomic E-state index is -5.04. The fraction of sp³-hybridized carbons (Fsp3) is 0.500. The van der Waals surface area contributed by atoms with Gasteiger partial charge in [-0.1, -0.05) is 0 Å². The van der Waals surface area contributed by atoms with E-state index < -0.39 is 44.5 Å². The van der Waals surface area contributed by atoms with E-state index in [-0.39, 0.29) is 28.7 Å². The van der Waals surface area contributed by atoms with E-state index in [9.17, 15) is 14.5 Å². The predicted octanol–water partition coefficient (Wildman–Crippen LogP) is -0.685. The number of aliphatic hydroxyl groups is 1. The molecule has 0 aromatic carbocycles. The van der Waals surface area contributed by atoms with Gasteiger partial charge < -0.3 is 35.2 Å². The molecule has 2 aromatic rings. The number of aromatic nitrogens is 4. The van der Waals surface area contributed by atoms with Crippen LogP contribution in [0.15, 0.2) is 6.33 Å². The first-order chi connectivity index (χ1) is 12.6. The molecule has 3 heterocycles. The number of hydrogen-bond donors (Lipinski definition) is 5. The fourth-order valence-electron chi connectivity index (χ4n) is 2.66. The highest BCUT2D eigenvalue weighted by atomic mass is 35.5. The molecule has 1 saturated heterocycles. The molecule has 0 spiro atoms. The van der Waals surface area contributed by atoms with Crippen LogP contribution in [0.25, 0.3) is 11.2 Å². The first-order valence-corrected chi connectivity index (χ1v) is 9.52. The van der Waals surface area contributed by atoms with Crippen molar-refractivity contribution in [3.05, 3.63) is 11.6 Å². The van der Waals surface area contributed by atoms with E-state index in [1.807, 2.05) is 0 Å². The molecule has 13 nitrogen and oxygen atoms in total. The number of carbonyl (C=O) groups is 1. The maximum Gasteiger partial charge on any atom is 0.365 e. The number of nitrogens with two attached hydrogens (primary N) is 1. The van der Waals surface area contributed by atoms with Crippen molar-refractivity contribution in [2.45, 2.75) is 30.7 Å². The van der Waals surface area contributed by atoms with E-state index in [0.717, 1.165) is 0 Å². The molecule has 0 aliphatic carbocycles. The number of nitrogen functional groups attached to an aromatic ring is 1. The lowest BCUT2D eigenvalue weighted by Crippen LogP contribution is -2.32. The number of fused-ring (bicyclic) bond motifs is 1. The Morgan fingerprint density at radius 2 is 2.22 bits per heavy atom. The quantitative estimate of drug-likeness (QED) is 0.289. The third-order valence-electron chi connectivity index (χ3n) is 3.87. The van der Waals surface area contributed by atoms with Crippen LogP contribution in [-0.2, 0) is 18.8 Å². The Bertz CT molecular complexity index is 919. The monoisotopic (exact) mass is 423 g/mol. The lowest BCUT2D eigenvalue weighted by Gasteiger charge is -2.19. The third-order valence-corrected chi connectivity index (χ3v) is 5.02. The number of carboxylic acids is 1. The highest BCUT2D eigenvalue weighted by Crippen LogP contribution is 2.42. The number of aliphatic carboxylic acids is 1. The molecular weight excluding hydrogens is 409 g/mol. The van der Waals surface area contributed by atoms with E-state index in [4.69, 9.17) is 41.7 Å². The summed E-state index contributed by atoms with van der Waals surface area (Å²) < 4.78 is 23.0. The standard InChI is InChI=1S/C12H15ClN5O8P/c13-12-16-8(14)7-9(17-12)18(3-15-7)6-1-4(19)5(26-6)2-25-11(10(20)21)27(22,23)24/h3-6,11,19H,1-2H2,(H,20,21)(H2,14,16,17)(H2,22,23,24). The first kappa shape index (κ1) is 19.9. The molecule has 0 bridgehead atoms. The average molecular weight is 424 g/mol. The van der Waals surface area contributed by atoms with Gasteiger partial charge in [-0.15, -0.1) is 0 Å². The van der Waals surface area contributed by atoms with Gasteiger partial charge in [0, 0.05) is 6.42 Å². The van der Waals surface area contributed by atoms with Gasteiger partial charge in [0.15, 0.2) is 11.5 Å². The number of ether oxygens (including phenoxy) is 2. The summed E-state index contributed by atoms with van der Waals surface area (Å²) in [6, 6.07) is 0. The molecule has 1 aliphatic rings. The van der Waals surface area contributed by atoms with Crippen LogP contribution in [0.4, 0.5) is 5.82 Å². The Morgan fingerprint density at radius 3 is 2.85 bits per heavy atom. The molecule has 0 radical (unpaired) electrons. The zero-order valence-electron chi connectivity index (χ0n) is 13.4. The van der Waals surface area contributed by atoms with Gasteiger partial charge in [-0.3, -0.25) is 9.13 Å². The van der Waals surface area contributed by atoms with Gasteiger partial charge in [0.05, 0.1) is 19.0 Å². The molecule has 3 rings (SSSR count). The summed E-state index contributed by atoms with van der Waals surface area (Å²) in [5.74, 6) is -4.12. The molecule has 1 aliphatic heterocycles. The third kappa shape index (κ3) is 4.04. The Labute approximate surface area is 155 Å². The van der Waals surface area contributed by atoms with E-state index in [2.05, 4.69) is 15.0 Å². The normalized spacial score (nSPS) is 24.4. The lowest BCUT2D eigenvalue weighted by atomic mass is 10.2. The second-order valence-corrected chi connectivity index (χ2v) is 7.73. The van der Waals surface area contributed by atoms with Crippen LogP contribution in [0.5, 0.6) is 0 Å². The van der Waals surface area contributed by atoms with Crippen LogP contribution < -0.4 is 5.73 Å². The van der Waals surface area contributed by atoms with Gasteiger partial charge in [-0.25, -0.2) is 9.78 Å². The molecular formula is C12H15ClN5O8P. The Hall–Kier alpha value is -1.86. The van der Waals surface area contributed by atoms with Crippen molar-refractivity contribution in [1.82, 2.24) is 19.5 Å². The Kier molecular flexibility index (Phi) is 5.36. The van der Waals surface area contributed by atoms with E-state index in [0.29, 0.717) is 0 Å². The van der Waals surface area contributed by atoms with Gasteiger partial charge in [-0.2, -0.15) is 9.97 Å². The van der Waals surface area contributed by atoms with Crippen molar-refractivity contribution in [3.63, 3.8) is 0 Å². The number of anilines is 1. The molecule has 148 valence electrons. The topological polar surface area (TPSA) is 203 Å². The van der Waals surface area contributed by atoms with Crippen LogP contribution in [-0.4, -0.2) is 70.1 Å². The molecule has 4 atom stereocenters. The predicted molar refractivity (Wildman–Crippen MR) is 88.7 cm³/mol. The summed E-state index contributed by atoms with van der Waals surface area (Å²) in [6.45, 7) is -0.551. The molecule has 6 N–H and O–H groups in total. The smallest absolute Gasteiger partial charge is 0.365 e. The summed E-state index contributed by atoms with van der Waals surface area (Å²) in [5.41, 5.74) is 6.27. The molecule has 27 heavy (non-hydrogen) atoms. The van der Waals surface area contributed by atoms with Crippen molar-refractivity contribution >= 4 is 42.1 Å². The molecule has 4 unspecified atom stereocenters. The van der Waals surface area contributed by atoms with Crippen LogP contribution in [0.2, 0.25) is 5.28 Å². The lowest BCUT2D eigenvalue weighted by molar-refractivity contribution is -0.149. The summed E-state index contributed by atoms with van der Waals surface area (Å²) in [5, 5.41) is 18.9. The second kappa shape index (κ2) is 7.28. The number of imidazole rings is 1. The number of aliphatic hydroxyl groups excluding tert-OH is 1. The molecule has 1 fully saturated rings. The minimum Gasteiger partial charge on any atom is -0.479 e. The largest absolute Gasteiger partial charge is 0.479 e. The minimum absolute atomic E-state index is 0.0631. The SMILES string of the molecule is Nc1nc(Cl)nc2c1ncn2C1CC(O)C(COC(C(=O)O)P(=O)(O)O)O1. The summed E-state index contributed by atoms with van der Waals surface area (Å²) in [4.78, 5) is 40.8. The van der Waals surface area contributed by atoms with Crippen molar-refractivity contribution in [1.29, 1.82) is 0 Å². The van der Waals surface area contributed by atoms with Crippen LogP contribution in [0.3, 0.4) is 0 Å². The van der Waals surface area contributed by atoms with Gasteiger partial charge in [0.1, 0.15) is 17.8 Å². The van der Waals surface area contributed by atoms with Gasteiger partial charge in [0.25, 0.3) is 5.85 Å². The summed E-state index contributed by atoms with van der Waals surface area (Å²) in [6.07, 6.45) is -1.46. The van der Waals surface area contributed by atoms with Crippen LogP contribution in [0.1, 0.15) is 12.6 Å². The number of rotatable bonds is 6. The maximum atomic E-state index is 11.2. The van der Waals surface area contributed by atoms with Gasteiger partial charge >= 0.3 is 13.6 Å². The molecule has 0 amide bonds. The van der Waals surface area contributed by atoms with Crippen molar-refractivity contribution in [2.75, 3.05) is 12.3 Å². The molecule has 15 heteroatoms. The van der Waals surface area contributed by atoms with E-state index in [1.165, 1.54) is 10.9 Å². The first-order valence-electron chi connectivity index (χ1n) is 7.46. The zero-order chi connectivity index (χ0) is 19.9. The summed E-state index contributed by atoms with van der Waals surface area (Å²) in [7, 11) is -5.04. The number of halogens is 1. The van der Waals surface area contributed by atoms with Gasteiger partial charge in [-0.05, 0) is 11.6 Å². The van der Waals surface area contributed by atoms with Crippen LogP contribution in [0, 0.1) is 0 Å². The maximum absolute atomic E-state index is 11.2. The van der Waals surface area contributed by atoms with Crippen molar-refractivity contribution < 1.29 is 38.8 Å². The average Bonchev–Trinajstić information content (AvgIpc) is 3.09. The van der Waals surface area contributed by atoms with E-state index >= 15 is 0 Å². The Morgan fingerprint density at radius 1 is 1.52 bits per heavy atom. The highest BCUT2D eigenvalue weighted by Gasteiger charge is 2.41. The zero-order valence-corrected chi connectivity index (χ0v) is 15.1. The van der Waals surface area contributed by atoms with Crippen molar-refractivity contribution in [2.24, 2.45) is 0 Å². The number of nitrogens with zero attached hydrogens (tertiary/aromatic N) is 4. The highest BCUT2D eigenvalue weighted by molar-refractivity contribution is 7.53. The van der Waals surface area contributed by atoms with E-state index in [1.54, 1.807) is 0 Å². The fourth-order valence-corrected chi connectivity index (χ4v) is 3.39. The Balaban J connectivity index is 1.75. The molecule has 2 aromatic heterocycles. The molecule has 0 saturated carbocycles. The van der Waals surface area contributed by atoms with Crippen molar-refractivity contribution in [3.8, 4) is 0 Å². The second-order valence-electron chi connectivity index (χ2n) is 5.75. The van der Waals surface area contributed by atoms with Gasteiger partial charge in [0.2, 0.25) is 5.28 Å². The number of hydrogen-bond acceptors (Lipinski definition) is 9. The number of carboxylic acid groups (broad SMARTS) is 1.